The van der Waals surface area contributed by atoms with Crippen molar-refractivity contribution < 1.29 is 0 Å². The zero-order valence-corrected chi connectivity index (χ0v) is 7.16. The summed E-state index contributed by atoms with van der Waals surface area (Å²) in [6.07, 6.45) is 2.44. The van der Waals surface area contributed by atoms with Gasteiger partial charge in [0, 0.05) is 6.54 Å². The summed E-state index contributed by atoms with van der Waals surface area (Å²) in [6, 6.07) is 10.8. The lowest BCUT2D eigenvalue weighted by atomic mass is 9.90. The van der Waals surface area contributed by atoms with E-state index in [2.05, 4.69) is 42.2 Å². The molecule has 0 spiro atoms. The lowest BCUT2D eigenvalue weighted by molar-refractivity contribution is 0.510. The van der Waals surface area contributed by atoms with Crippen LogP contribution in [0, 0.1) is 6.54 Å². The van der Waals surface area contributed by atoms with E-state index < -0.39 is 0 Å². The number of rotatable bonds is 1. The van der Waals surface area contributed by atoms with E-state index in [1.165, 1.54) is 18.4 Å². The maximum absolute atomic E-state index is 3.26. The van der Waals surface area contributed by atoms with Gasteiger partial charge in [-0.15, -0.1) is 0 Å². The third-order valence-electron chi connectivity index (χ3n) is 2.45. The largest absolute Gasteiger partial charge is 0.312 e. The van der Waals surface area contributed by atoms with Gasteiger partial charge >= 0.3 is 0 Å². The van der Waals surface area contributed by atoms with Crippen LogP contribution in [0.25, 0.3) is 0 Å². The monoisotopic (exact) mass is 160 g/mol. The van der Waals surface area contributed by atoms with Gasteiger partial charge in [-0.25, -0.2) is 0 Å². The molecule has 1 aliphatic rings. The van der Waals surface area contributed by atoms with Gasteiger partial charge in [0.05, 0.1) is 0 Å². The van der Waals surface area contributed by atoms with Gasteiger partial charge in [0.25, 0.3) is 0 Å². The van der Waals surface area contributed by atoms with E-state index in [1.54, 1.807) is 0 Å². The minimum atomic E-state index is 0.743. The van der Waals surface area contributed by atoms with Gasteiger partial charge in [-0.3, -0.25) is 0 Å². The molecule has 1 N–H and O–H groups in total. The van der Waals surface area contributed by atoms with Crippen molar-refractivity contribution in [3.05, 3.63) is 42.4 Å². The highest BCUT2D eigenvalue weighted by Gasteiger charge is 2.14. The van der Waals surface area contributed by atoms with E-state index in [0.29, 0.717) is 0 Å². The lowest BCUT2D eigenvalue weighted by Crippen LogP contribution is -2.22. The number of hydrogen-bond donors (Lipinski definition) is 1. The predicted octanol–water partition coefficient (Wildman–Crippen LogP) is 2.32. The van der Waals surface area contributed by atoms with Crippen molar-refractivity contribution in [2.24, 2.45) is 0 Å². The predicted molar refractivity (Wildman–Crippen MR) is 50.7 cm³/mol. The molecule has 0 bridgehead atoms. The second-order valence-electron chi connectivity index (χ2n) is 3.29. The topological polar surface area (TPSA) is 12.0 Å². The Balaban J connectivity index is 2.08. The fourth-order valence-electron chi connectivity index (χ4n) is 1.73. The van der Waals surface area contributed by atoms with Crippen LogP contribution in [0.1, 0.15) is 24.3 Å². The minimum absolute atomic E-state index is 0.743. The molecule has 0 amide bonds. The summed E-state index contributed by atoms with van der Waals surface area (Å²) in [6.45, 7) is 3.31. The van der Waals surface area contributed by atoms with Crippen molar-refractivity contribution in [3.63, 3.8) is 0 Å². The molecule has 1 aromatic carbocycles. The number of piperidine rings is 1. The molecule has 63 valence electrons. The molecule has 1 nitrogen and oxygen atoms in total. The van der Waals surface area contributed by atoms with Crippen molar-refractivity contribution in [3.8, 4) is 0 Å². The highest BCUT2D eigenvalue weighted by molar-refractivity contribution is 5.20. The smallest absolute Gasteiger partial charge is 0.0227 e. The third kappa shape index (κ3) is 1.67. The molecule has 0 aliphatic carbocycles. The first kappa shape index (κ1) is 7.81. The maximum Gasteiger partial charge on any atom is 0.0227 e. The van der Waals surface area contributed by atoms with E-state index in [1.807, 2.05) is 0 Å². The average molecular weight is 160 g/mol. The molecule has 1 fully saturated rings. The van der Waals surface area contributed by atoms with Crippen LogP contribution < -0.4 is 5.32 Å². The summed E-state index contributed by atoms with van der Waals surface area (Å²) in [5, 5.41) is 3.26. The van der Waals surface area contributed by atoms with Gasteiger partial charge in [0.1, 0.15) is 0 Å². The molecule has 2 rings (SSSR count). The van der Waals surface area contributed by atoms with Gasteiger partial charge in [0.15, 0.2) is 0 Å². The summed E-state index contributed by atoms with van der Waals surface area (Å²) in [5.74, 6) is 0.743. The average Bonchev–Trinajstić information content (AvgIpc) is 2.21. The first-order valence-electron chi connectivity index (χ1n) is 4.57. The lowest BCUT2D eigenvalue weighted by Gasteiger charge is -2.22. The third-order valence-corrected chi connectivity index (χ3v) is 2.45. The molecule has 1 heterocycles. The Morgan fingerprint density at radius 1 is 1.17 bits per heavy atom. The van der Waals surface area contributed by atoms with E-state index in [4.69, 9.17) is 0 Å². The Morgan fingerprint density at radius 3 is 2.67 bits per heavy atom. The normalized spacial score (nSPS) is 19.3. The Bertz CT molecular complexity index is 224. The summed E-state index contributed by atoms with van der Waals surface area (Å²) >= 11 is 0. The number of benzene rings is 1. The summed E-state index contributed by atoms with van der Waals surface area (Å²) in [4.78, 5) is 0. The fraction of sp³-hybridized carbons (Fsp3) is 0.364. The highest BCUT2D eigenvalue weighted by Crippen LogP contribution is 2.25. The summed E-state index contributed by atoms with van der Waals surface area (Å²) in [7, 11) is 0. The highest BCUT2D eigenvalue weighted by atomic mass is 14.9. The van der Waals surface area contributed by atoms with Crippen LogP contribution in [0.15, 0.2) is 30.3 Å². The van der Waals surface area contributed by atoms with Gasteiger partial charge < -0.3 is 5.32 Å². The molecule has 1 radical (unpaired) electrons. The number of nitrogens with one attached hydrogen (secondary N) is 1. The zero-order valence-electron chi connectivity index (χ0n) is 7.16. The minimum Gasteiger partial charge on any atom is -0.312 e. The van der Waals surface area contributed by atoms with Crippen LogP contribution in [0.4, 0.5) is 0 Å². The SMILES string of the molecule is [CH]1CC(c2ccccc2)CCN1. The van der Waals surface area contributed by atoms with E-state index in [9.17, 15) is 0 Å². The second kappa shape index (κ2) is 3.72. The zero-order chi connectivity index (χ0) is 8.23. The van der Waals surface area contributed by atoms with Crippen molar-refractivity contribution in [2.75, 3.05) is 6.54 Å². The Labute approximate surface area is 73.8 Å². The van der Waals surface area contributed by atoms with E-state index in [-0.39, 0.29) is 0 Å². The number of hydrogen-bond acceptors (Lipinski definition) is 1. The molecule has 1 aliphatic heterocycles. The fourth-order valence-corrected chi connectivity index (χ4v) is 1.73. The van der Waals surface area contributed by atoms with Gasteiger partial charge in [0.2, 0.25) is 0 Å². The van der Waals surface area contributed by atoms with E-state index >= 15 is 0 Å². The van der Waals surface area contributed by atoms with Crippen LogP contribution >= 0.6 is 0 Å². The molecule has 12 heavy (non-hydrogen) atoms. The second-order valence-corrected chi connectivity index (χ2v) is 3.29. The van der Waals surface area contributed by atoms with Gasteiger partial charge in [-0.2, -0.15) is 0 Å². The molecule has 1 unspecified atom stereocenters. The quantitative estimate of drug-likeness (QED) is 0.664. The first-order valence-corrected chi connectivity index (χ1v) is 4.57. The molecule has 1 aromatic rings. The van der Waals surface area contributed by atoms with Crippen LogP contribution in [0.3, 0.4) is 0 Å². The Kier molecular flexibility index (Phi) is 2.42. The summed E-state index contributed by atoms with van der Waals surface area (Å²) < 4.78 is 0. The molecule has 1 saturated heterocycles. The van der Waals surface area contributed by atoms with Crippen molar-refractivity contribution >= 4 is 0 Å². The standard InChI is InChI=1S/C11H14N/c1-2-4-10(5-3-1)11-6-8-12-9-7-11/h1-5,8,11-12H,6-7,9H2. The van der Waals surface area contributed by atoms with Crippen LogP contribution in [-0.2, 0) is 0 Å². The maximum atomic E-state index is 3.26. The van der Waals surface area contributed by atoms with Crippen molar-refractivity contribution in [1.82, 2.24) is 5.32 Å². The van der Waals surface area contributed by atoms with Gasteiger partial charge in [-0.1, -0.05) is 30.3 Å². The molecule has 1 atom stereocenters. The van der Waals surface area contributed by atoms with E-state index in [0.717, 1.165) is 12.5 Å². The van der Waals surface area contributed by atoms with Crippen molar-refractivity contribution in [2.45, 2.75) is 18.8 Å². The van der Waals surface area contributed by atoms with Crippen LogP contribution in [0.2, 0.25) is 0 Å². The molecular weight excluding hydrogens is 146 g/mol. The summed E-state index contributed by atoms with van der Waals surface area (Å²) in [5.41, 5.74) is 1.48. The van der Waals surface area contributed by atoms with Crippen LogP contribution in [-0.4, -0.2) is 6.54 Å². The molecule has 0 saturated carbocycles. The van der Waals surface area contributed by atoms with Gasteiger partial charge in [-0.05, 0) is 30.9 Å². The Hall–Kier alpha value is -0.820. The molecule has 1 heteroatoms. The molecular formula is C11H14N. The van der Waals surface area contributed by atoms with Crippen LogP contribution in [0.5, 0.6) is 0 Å². The van der Waals surface area contributed by atoms with Crippen molar-refractivity contribution in [1.29, 1.82) is 0 Å². The molecule has 0 aromatic heterocycles. The Morgan fingerprint density at radius 2 is 2.00 bits per heavy atom. The first-order chi connectivity index (χ1) is 5.97.